The van der Waals surface area contributed by atoms with Crippen LogP contribution in [0.15, 0.2) is 65.5 Å². The van der Waals surface area contributed by atoms with Gasteiger partial charge >= 0.3 is 0 Å². The molecular formula is C23H21N7O. The molecule has 0 fully saturated rings. The molecule has 154 valence electrons. The minimum absolute atomic E-state index is 0.0929. The summed E-state index contributed by atoms with van der Waals surface area (Å²) in [6.45, 7) is 4.62. The number of nitrogens with zero attached hydrogens (tertiary/aromatic N) is 6. The van der Waals surface area contributed by atoms with E-state index >= 15 is 0 Å². The molecule has 0 aliphatic heterocycles. The molecule has 0 spiro atoms. The van der Waals surface area contributed by atoms with Crippen LogP contribution in [-0.2, 0) is 13.0 Å². The number of rotatable bonds is 5. The summed E-state index contributed by atoms with van der Waals surface area (Å²) in [5.41, 5.74) is 6.72. The minimum atomic E-state index is -0.0929. The second-order valence-corrected chi connectivity index (χ2v) is 7.45. The number of H-pyrrole nitrogens is 1. The molecule has 0 unspecified atom stereocenters. The van der Waals surface area contributed by atoms with Gasteiger partial charge in [0.05, 0.1) is 5.69 Å². The number of aryl methyl sites for hydroxylation is 2. The van der Waals surface area contributed by atoms with Crippen LogP contribution in [0.4, 0.5) is 0 Å². The van der Waals surface area contributed by atoms with Gasteiger partial charge in [-0.05, 0) is 35.2 Å². The molecule has 8 heteroatoms. The van der Waals surface area contributed by atoms with E-state index in [4.69, 9.17) is 0 Å². The molecule has 0 radical (unpaired) electrons. The molecule has 0 aliphatic carbocycles. The second-order valence-electron chi connectivity index (χ2n) is 7.45. The fourth-order valence-electron chi connectivity index (χ4n) is 3.92. The number of aromatic amines is 1. The second kappa shape index (κ2) is 7.64. The molecule has 0 atom stereocenters. The fourth-order valence-corrected chi connectivity index (χ4v) is 3.92. The van der Waals surface area contributed by atoms with Crippen LogP contribution in [0, 0.1) is 6.92 Å². The van der Waals surface area contributed by atoms with E-state index in [1.54, 1.807) is 6.07 Å². The highest BCUT2D eigenvalue weighted by Crippen LogP contribution is 2.29. The number of hydrogen-bond acceptors (Lipinski definition) is 5. The molecule has 0 bridgehead atoms. The van der Waals surface area contributed by atoms with Crippen molar-refractivity contribution in [1.82, 2.24) is 34.8 Å². The van der Waals surface area contributed by atoms with E-state index in [2.05, 4.69) is 67.5 Å². The fraction of sp³-hybridized carbons (Fsp3) is 0.174. The van der Waals surface area contributed by atoms with Crippen LogP contribution in [0.5, 0.6) is 0 Å². The van der Waals surface area contributed by atoms with Gasteiger partial charge in [0.15, 0.2) is 0 Å². The van der Waals surface area contributed by atoms with Gasteiger partial charge in [-0.1, -0.05) is 55.5 Å². The molecule has 5 rings (SSSR count). The predicted octanol–water partition coefficient (Wildman–Crippen LogP) is 3.26. The quantitative estimate of drug-likeness (QED) is 0.479. The maximum atomic E-state index is 12.4. The minimum Gasteiger partial charge on any atom is -0.325 e. The molecule has 3 heterocycles. The van der Waals surface area contributed by atoms with Crippen LogP contribution in [0.25, 0.3) is 28.2 Å². The number of tetrazole rings is 1. The van der Waals surface area contributed by atoms with Crippen LogP contribution in [0.3, 0.4) is 0 Å². The number of nitrogens with one attached hydrogen (secondary N) is 1. The van der Waals surface area contributed by atoms with Crippen molar-refractivity contribution >= 4 is 5.65 Å². The highest BCUT2D eigenvalue weighted by atomic mass is 16.1. The maximum absolute atomic E-state index is 12.4. The summed E-state index contributed by atoms with van der Waals surface area (Å²) in [4.78, 5) is 12.4. The normalized spacial score (nSPS) is 11.3. The van der Waals surface area contributed by atoms with Gasteiger partial charge in [-0.3, -0.25) is 4.79 Å². The zero-order valence-electron chi connectivity index (χ0n) is 17.3. The van der Waals surface area contributed by atoms with Crippen LogP contribution in [-0.4, -0.2) is 34.8 Å². The Labute approximate surface area is 178 Å². The number of hydrogen-bond donors (Lipinski definition) is 1. The molecule has 0 aliphatic rings. The average molecular weight is 411 g/mol. The molecule has 0 amide bonds. The highest BCUT2D eigenvalue weighted by Gasteiger charge is 2.13. The van der Waals surface area contributed by atoms with Crippen molar-refractivity contribution in [1.29, 1.82) is 0 Å². The van der Waals surface area contributed by atoms with Gasteiger partial charge in [-0.2, -0.15) is 14.8 Å². The summed E-state index contributed by atoms with van der Waals surface area (Å²) in [7, 11) is 0. The van der Waals surface area contributed by atoms with Crippen molar-refractivity contribution < 1.29 is 0 Å². The lowest BCUT2D eigenvalue weighted by Gasteiger charge is -2.15. The SMILES string of the molecule is CCc1cc(=O)n2nc(C)cc2n1Cc1ccc(-c2ccccc2-c2nn[nH]n2)cc1. The van der Waals surface area contributed by atoms with Crippen LogP contribution in [0.1, 0.15) is 23.9 Å². The molecule has 1 N–H and O–H groups in total. The summed E-state index contributed by atoms with van der Waals surface area (Å²) in [6.07, 6.45) is 0.770. The zero-order valence-corrected chi connectivity index (χ0v) is 17.3. The molecular weight excluding hydrogens is 390 g/mol. The van der Waals surface area contributed by atoms with E-state index in [9.17, 15) is 4.79 Å². The van der Waals surface area contributed by atoms with E-state index in [0.29, 0.717) is 12.4 Å². The standard InChI is InChI=1S/C23H21N7O/c1-3-18-13-22(31)30-21(12-15(2)26-30)29(18)14-16-8-10-17(11-9-16)19-6-4-5-7-20(19)23-24-27-28-25-23/h4-13H,3,14H2,1-2H3,(H,24,25,27,28). The van der Waals surface area contributed by atoms with E-state index < -0.39 is 0 Å². The van der Waals surface area contributed by atoms with Gasteiger partial charge in [0, 0.05) is 29.9 Å². The first-order valence-corrected chi connectivity index (χ1v) is 10.2. The zero-order chi connectivity index (χ0) is 21.4. The van der Waals surface area contributed by atoms with Crippen molar-refractivity contribution in [2.45, 2.75) is 26.8 Å². The Hall–Kier alpha value is -4.07. The smallest absolute Gasteiger partial charge is 0.274 e. The Morgan fingerprint density at radius 1 is 1.00 bits per heavy atom. The maximum Gasteiger partial charge on any atom is 0.274 e. The molecule has 8 nitrogen and oxygen atoms in total. The van der Waals surface area contributed by atoms with E-state index in [0.717, 1.165) is 45.7 Å². The number of aromatic nitrogens is 7. The Balaban J connectivity index is 1.52. The Morgan fingerprint density at radius 3 is 2.48 bits per heavy atom. The molecule has 2 aromatic carbocycles. The lowest BCUT2D eigenvalue weighted by Crippen LogP contribution is -2.21. The summed E-state index contributed by atoms with van der Waals surface area (Å²) in [5, 5.41) is 18.8. The van der Waals surface area contributed by atoms with E-state index in [1.165, 1.54) is 4.52 Å². The number of benzene rings is 2. The van der Waals surface area contributed by atoms with Crippen molar-refractivity contribution in [2.75, 3.05) is 0 Å². The lowest BCUT2D eigenvalue weighted by molar-refractivity contribution is 0.716. The summed E-state index contributed by atoms with van der Waals surface area (Å²) >= 11 is 0. The van der Waals surface area contributed by atoms with Crippen LogP contribution >= 0.6 is 0 Å². The van der Waals surface area contributed by atoms with Gasteiger partial charge in [-0.25, -0.2) is 0 Å². The third-order valence-electron chi connectivity index (χ3n) is 5.42. The summed E-state index contributed by atoms with van der Waals surface area (Å²) in [6, 6.07) is 20.0. The third kappa shape index (κ3) is 3.42. The first kappa shape index (κ1) is 18.9. The van der Waals surface area contributed by atoms with Gasteiger partial charge in [-0.15, -0.1) is 10.2 Å². The van der Waals surface area contributed by atoms with Crippen molar-refractivity contribution in [2.24, 2.45) is 0 Å². The van der Waals surface area contributed by atoms with Gasteiger partial charge in [0.25, 0.3) is 5.56 Å². The monoisotopic (exact) mass is 411 g/mol. The summed E-state index contributed by atoms with van der Waals surface area (Å²) < 4.78 is 3.63. The first-order valence-electron chi connectivity index (χ1n) is 10.2. The van der Waals surface area contributed by atoms with Crippen LogP contribution < -0.4 is 5.56 Å². The van der Waals surface area contributed by atoms with Crippen molar-refractivity contribution in [3.8, 4) is 22.5 Å². The van der Waals surface area contributed by atoms with Gasteiger partial charge in [0.1, 0.15) is 5.65 Å². The average Bonchev–Trinajstić information content (AvgIpc) is 3.46. The Morgan fingerprint density at radius 2 is 1.77 bits per heavy atom. The van der Waals surface area contributed by atoms with Crippen molar-refractivity contribution in [3.63, 3.8) is 0 Å². The molecule has 5 aromatic rings. The Kier molecular flexibility index (Phi) is 4.66. The molecule has 0 saturated carbocycles. The van der Waals surface area contributed by atoms with E-state index in [1.807, 2.05) is 31.2 Å². The molecule has 31 heavy (non-hydrogen) atoms. The topological polar surface area (TPSA) is 93.8 Å². The summed E-state index contributed by atoms with van der Waals surface area (Å²) in [5.74, 6) is 0.569. The predicted molar refractivity (Wildman–Crippen MR) is 118 cm³/mol. The lowest BCUT2D eigenvalue weighted by atomic mass is 9.98. The molecule has 3 aromatic heterocycles. The van der Waals surface area contributed by atoms with Crippen LogP contribution in [0.2, 0.25) is 0 Å². The number of fused-ring (bicyclic) bond motifs is 1. The first-order chi connectivity index (χ1) is 15.1. The van der Waals surface area contributed by atoms with Crippen molar-refractivity contribution in [3.05, 3.63) is 88.0 Å². The highest BCUT2D eigenvalue weighted by molar-refractivity contribution is 5.80. The van der Waals surface area contributed by atoms with E-state index in [-0.39, 0.29) is 5.56 Å². The third-order valence-corrected chi connectivity index (χ3v) is 5.42. The Bertz CT molecular complexity index is 1410. The largest absolute Gasteiger partial charge is 0.325 e. The van der Waals surface area contributed by atoms with Gasteiger partial charge in [0.2, 0.25) is 5.82 Å². The molecule has 0 saturated heterocycles. The van der Waals surface area contributed by atoms with Gasteiger partial charge < -0.3 is 4.57 Å².